The van der Waals surface area contributed by atoms with Crippen molar-refractivity contribution in [3.05, 3.63) is 0 Å². The number of hydrogen-bond donors (Lipinski definition) is 1. The summed E-state index contributed by atoms with van der Waals surface area (Å²) in [5.74, 6) is 0.341. The van der Waals surface area contributed by atoms with Crippen molar-refractivity contribution in [3.63, 3.8) is 0 Å². The van der Waals surface area contributed by atoms with E-state index in [-0.39, 0.29) is 17.7 Å². The van der Waals surface area contributed by atoms with Crippen LogP contribution in [0.5, 0.6) is 0 Å². The fourth-order valence-corrected chi connectivity index (χ4v) is 3.21. The van der Waals surface area contributed by atoms with Gasteiger partial charge in [0, 0.05) is 18.5 Å². The maximum atomic E-state index is 12.2. The fourth-order valence-electron chi connectivity index (χ4n) is 3.21. The Morgan fingerprint density at radius 3 is 2.39 bits per heavy atom. The summed E-state index contributed by atoms with van der Waals surface area (Å²) in [6, 6.07) is 0.394. The first-order valence-corrected chi connectivity index (χ1v) is 7.14. The summed E-state index contributed by atoms with van der Waals surface area (Å²) in [5.41, 5.74) is 5.38. The first-order chi connectivity index (χ1) is 8.58. The molecule has 2 N–H and O–H groups in total. The van der Waals surface area contributed by atoms with E-state index in [0.717, 1.165) is 25.7 Å². The smallest absolute Gasteiger partial charge is 0.221 e. The molecule has 2 unspecified atom stereocenters. The van der Waals surface area contributed by atoms with Gasteiger partial charge in [-0.3, -0.25) is 14.5 Å². The van der Waals surface area contributed by atoms with Crippen LogP contribution < -0.4 is 5.73 Å². The molecule has 4 nitrogen and oxygen atoms in total. The molecule has 0 spiro atoms. The number of rotatable bonds is 4. The number of ketones is 1. The van der Waals surface area contributed by atoms with E-state index in [1.165, 1.54) is 12.8 Å². The molecule has 102 valence electrons. The quantitative estimate of drug-likeness (QED) is 0.821. The van der Waals surface area contributed by atoms with Gasteiger partial charge in [-0.05, 0) is 32.6 Å². The SMILES string of the molecule is CC1CCC(C(N)=O)CN1CC(=O)C1CCCC1. The number of carbonyl (C=O) groups excluding carboxylic acids is 2. The molecular formula is C14H24N2O2. The second-order valence-electron chi connectivity index (χ2n) is 5.90. The van der Waals surface area contributed by atoms with Crippen LogP contribution in [0.4, 0.5) is 0 Å². The number of amides is 1. The summed E-state index contributed by atoms with van der Waals surface area (Å²) in [5, 5.41) is 0. The van der Waals surface area contributed by atoms with E-state index in [1.807, 2.05) is 0 Å². The molecule has 2 aliphatic rings. The Kier molecular flexibility index (Phi) is 4.38. The minimum absolute atomic E-state index is 0.0717. The lowest BCUT2D eigenvalue weighted by Gasteiger charge is -2.36. The third kappa shape index (κ3) is 3.10. The summed E-state index contributed by atoms with van der Waals surface area (Å²) in [6.07, 6.45) is 6.32. The van der Waals surface area contributed by atoms with Gasteiger partial charge in [0.2, 0.25) is 5.91 Å². The second-order valence-corrected chi connectivity index (χ2v) is 5.90. The number of Topliss-reactive ketones (excluding diaryl/α,β-unsaturated/α-hetero) is 1. The lowest BCUT2D eigenvalue weighted by molar-refractivity contribution is -0.128. The van der Waals surface area contributed by atoms with Crippen molar-refractivity contribution >= 4 is 11.7 Å². The highest BCUT2D eigenvalue weighted by Gasteiger charge is 2.31. The van der Waals surface area contributed by atoms with E-state index in [9.17, 15) is 9.59 Å². The van der Waals surface area contributed by atoms with Crippen LogP contribution in [-0.2, 0) is 9.59 Å². The van der Waals surface area contributed by atoms with Crippen LogP contribution >= 0.6 is 0 Å². The maximum Gasteiger partial charge on any atom is 0.221 e. The molecule has 0 aromatic heterocycles. The highest BCUT2D eigenvalue weighted by atomic mass is 16.1. The number of primary amides is 1. The van der Waals surface area contributed by atoms with Gasteiger partial charge in [0.1, 0.15) is 5.78 Å². The standard InChI is InChI=1S/C14H24N2O2/c1-10-6-7-12(14(15)18)8-16(10)9-13(17)11-4-2-3-5-11/h10-12H,2-9H2,1H3,(H2,15,18). The Balaban J connectivity index is 1.89. The Morgan fingerprint density at radius 1 is 1.11 bits per heavy atom. The van der Waals surface area contributed by atoms with Crippen LogP contribution in [0.15, 0.2) is 0 Å². The van der Waals surface area contributed by atoms with Gasteiger partial charge in [0.05, 0.1) is 12.5 Å². The zero-order valence-electron chi connectivity index (χ0n) is 11.2. The minimum Gasteiger partial charge on any atom is -0.369 e. The van der Waals surface area contributed by atoms with Crippen molar-refractivity contribution < 1.29 is 9.59 Å². The Bertz CT molecular complexity index is 324. The van der Waals surface area contributed by atoms with Gasteiger partial charge in [-0.15, -0.1) is 0 Å². The predicted molar refractivity (Wildman–Crippen MR) is 69.9 cm³/mol. The molecule has 18 heavy (non-hydrogen) atoms. The predicted octanol–water partition coefficient (Wildman–Crippen LogP) is 1.33. The highest BCUT2D eigenvalue weighted by Crippen LogP contribution is 2.27. The molecule has 0 aromatic carbocycles. The zero-order valence-corrected chi connectivity index (χ0v) is 11.2. The van der Waals surface area contributed by atoms with Crippen molar-refractivity contribution in [1.29, 1.82) is 0 Å². The van der Waals surface area contributed by atoms with Gasteiger partial charge in [-0.1, -0.05) is 12.8 Å². The summed E-state index contributed by atoms with van der Waals surface area (Å²) < 4.78 is 0. The van der Waals surface area contributed by atoms with Gasteiger partial charge in [0.15, 0.2) is 0 Å². The number of nitrogens with two attached hydrogens (primary N) is 1. The van der Waals surface area contributed by atoms with Crippen LogP contribution in [0.1, 0.15) is 45.4 Å². The Labute approximate surface area is 109 Å². The molecule has 4 heteroatoms. The third-order valence-corrected chi connectivity index (χ3v) is 4.58. The van der Waals surface area contributed by atoms with Crippen molar-refractivity contribution in [3.8, 4) is 0 Å². The molecule has 1 aliphatic carbocycles. The average Bonchev–Trinajstić information content (AvgIpc) is 2.85. The largest absolute Gasteiger partial charge is 0.369 e. The van der Waals surface area contributed by atoms with E-state index in [4.69, 9.17) is 5.73 Å². The zero-order chi connectivity index (χ0) is 13.1. The van der Waals surface area contributed by atoms with Crippen molar-refractivity contribution in [2.45, 2.75) is 51.5 Å². The molecule has 1 aliphatic heterocycles. The van der Waals surface area contributed by atoms with E-state index < -0.39 is 0 Å². The molecule has 2 atom stereocenters. The maximum absolute atomic E-state index is 12.2. The summed E-state index contributed by atoms with van der Waals surface area (Å²) in [4.78, 5) is 25.6. The second kappa shape index (κ2) is 5.83. The number of hydrogen-bond acceptors (Lipinski definition) is 3. The van der Waals surface area contributed by atoms with E-state index in [1.54, 1.807) is 0 Å². The number of carbonyl (C=O) groups is 2. The van der Waals surface area contributed by atoms with E-state index in [2.05, 4.69) is 11.8 Å². The molecular weight excluding hydrogens is 228 g/mol. The normalized spacial score (nSPS) is 30.5. The first-order valence-electron chi connectivity index (χ1n) is 7.14. The van der Waals surface area contributed by atoms with Gasteiger partial charge < -0.3 is 5.73 Å². The molecule has 0 bridgehead atoms. The minimum atomic E-state index is -0.222. The number of likely N-dealkylation sites (tertiary alicyclic amines) is 1. The van der Waals surface area contributed by atoms with Crippen molar-refractivity contribution in [2.75, 3.05) is 13.1 Å². The van der Waals surface area contributed by atoms with Crippen LogP contribution in [0.2, 0.25) is 0 Å². The molecule has 0 radical (unpaired) electrons. The lowest BCUT2D eigenvalue weighted by atomic mass is 9.92. The van der Waals surface area contributed by atoms with Crippen molar-refractivity contribution in [1.82, 2.24) is 4.90 Å². The topological polar surface area (TPSA) is 63.4 Å². The van der Waals surface area contributed by atoms with Crippen LogP contribution in [-0.4, -0.2) is 35.7 Å². The van der Waals surface area contributed by atoms with Crippen LogP contribution in [0.25, 0.3) is 0 Å². The molecule has 1 heterocycles. The van der Waals surface area contributed by atoms with Crippen LogP contribution in [0, 0.1) is 11.8 Å². The monoisotopic (exact) mass is 252 g/mol. The van der Waals surface area contributed by atoms with Gasteiger partial charge in [0.25, 0.3) is 0 Å². The van der Waals surface area contributed by atoms with Crippen molar-refractivity contribution in [2.24, 2.45) is 17.6 Å². The number of nitrogens with zero attached hydrogens (tertiary/aromatic N) is 1. The average molecular weight is 252 g/mol. The number of piperidine rings is 1. The lowest BCUT2D eigenvalue weighted by Crippen LogP contribution is -2.48. The van der Waals surface area contributed by atoms with E-state index >= 15 is 0 Å². The summed E-state index contributed by atoms with van der Waals surface area (Å²) in [7, 11) is 0. The fraction of sp³-hybridized carbons (Fsp3) is 0.857. The summed E-state index contributed by atoms with van der Waals surface area (Å²) in [6.45, 7) is 3.31. The summed E-state index contributed by atoms with van der Waals surface area (Å²) >= 11 is 0. The molecule has 0 aromatic rings. The van der Waals surface area contributed by atoms with Gasteiger partial charge in [-0.2, -0.15) is 0 Å². The Hall–Kier alpha value is -0.900. The third-order valence-electron chi connectivity index (χ3n) is 4.58. The first kappa shape index (κ1) is 13.5. The van der Waals surface area contributed by atoms with E-state index in [0.29, 0.717) is 24.9 Å². The molecule has 2 rings (SSSR count). The van der Waals surface area contributed by atoms with Gasteiger partial charge in [-0.25, -0.2) is 0 Å². The van der Waals surface area contributed by atoms with Crippen LogP contribution in [0.3, 0.4) is 0 Å². The molecule has 1 saturated heterocycles. The highest BCUT2D eigenvalue weighted by molar-refractivity contribution is 5.83. The molecule has 1 amide bonds. The Morgan fingerprint density at radius 2 is 1.78 bits per heavy atom. The van der Waals surface area contributed by atoms with Gasteiger partial charge >= 0.3 is 0 Å². The molecule has 1 saturated carbocycles. The molecule has 2 fully saturated rings.